The SMILES string of the molecule is N[C@@H](CSC1=C(Cl)C(=O)C(Cl)=C(Cl)C1=O)C(=O)O. The van der Waals surface area contributed by atoms with Crippen LogP contribution in [0.4, 0.5) is 0 Å². The molecule has 0 heterocycles. The first-order chi connectivity index (χ1) is 8.27. The molecule has 1 rings (SSSR count). The summed E-state index contributed by atoms with van der Waals surface area (Å²) in [4.78, 5) is 33.6. The molecule has 1 aliphatic carbocycles. The van der Waals surface area contributed by atoms with Crippen LogP contribution in [0.1, 0.15) is 0 Å². The number of carbonyl (C=O) groups is 3. The third-order valence-corrected chi connectivity index (χ3v) is 4.42. The lowest BCUT2D eigenvalue weighted by atomic mass is 10.1. The van der Waals surface area contributed by atoms with Crippen molar-refractivity contribution in [2.75, 3.05) is 5.75 Å². The highest BCUT2D eigenvalue weighted by Crippen LogP contribution is 2.36. The summed E-state index contributed by atoms with van der Waals surface area (Å²) < 4.78 is 0. The summed E-state index contributed by atoms with van der Waals surface area (Å²) in [6, 6.07) is -1.19. The average Bonchev–Trinajstić information content (AvgIpc) is 2.33. The molecule has 0 amide bonds. The Morgan fingerprint density at radius 1 is 1.17 bits per heavy atom. The Bertz CT molecular complexity index is 500. The Morgan fingerprint density at radius 3 is 2.17 bits per heavy atom. The van der Waals surface area contributed by atoms with E-state index in [1.165, 1.54) is 0 Å². The van der Waals surface area contributed by atoms with Crippen LogP contribution in [0.15, 0.2) is 20.0 Å². The molecule has 0 aromatic rings. The van der Waals surface area contributed by atoms with E-state index in [1.54, 1.807) is 0 Å². The summed E-state index contributed by atoms with van der Waals surface area (Å²) in [5.41, 5.74) is 5.27. The second-order valence-electron chi connectivity index (χ2n) is 3.19. The summed E-state index contributed by atoms with van der Waals surface area (Å²) in [7, 11) is 0. The van der Waals surface area contributed by atoms with Crippen LogP contribution in [0.5, 0.6) is 0 Å². The normalized spacial score (nSPS) is 18.4. The van der Waals surface area contributed by atoms with E-state index in [0.29, 0.717) is 0 Å². The topological polar surface area (TPSA) is 97.5 Å². The van der Waals surface area contributed by atoms with Crippen LogP contribution < -0.4 is 5.73 Å². The van der Waals surface area contributed by atoms with Crippen molar-refractivity contribution in [1.29, 1.82) is 0 Å². The van der Waals surface area contributed by atoms with Gasteiger partial charge >= 0.3 is 5.97 Å². The molecule has 3 N–H and O–H groups in total. The Balaban J connectivity index is 2.92. The van der Waals surface area contributed by atoms with Crippen LogP contribution >= 0.6 is 46.6 Å². The standard InChI is InChI=1S/C9H6Cl3NO4S/c10-3-4(11)7(15)8(5(12)6(3)14)18-1-2(13)9(16)17/h2H,1,13H2,(H,16,17)/t2-/m0/s1. The van der Waals surface area contributed by atoms with Gasteiger partial charge in [0.2, 0.25) is 11.6 Å². The van der Waals surface area contributed by atoms with E-state index >= 15 is 0 Å². The lowest BCUT2D eigenvalue weighted by molar-refractivity contribution is -0.137. The van der Waals surface area contributed by atoms with Crippen molar-refractivity contribution in [1.82, 2.24) is 0 Å². The Hall–Kier alpha value is -0.530. The number of nitrogens with two attached hydrogens (primary N) is 1. The molecule has 0 radical (unpaired) electrons. The molecule has 1 aliphatic rings. The zero-order chi connectivity index (χ0) is 14.0. The number of allylic oxidation sites excluding steroid dienone is 4. The first-order valence-corrected chi connectivity index (χ1v) is 6.55. The molecule has 0 aliphatic heterocycles. The summed E-state index contributed by atoms with van der Waals surface area (Å²) in [6.07, 6.45) is 0. The minimum atomic E-state index is -1.23. The first kappa shape index (κ1) is 15.5. The number of carboxylic acid groups (broad SMARTS) is 1. The zero-order valence-electron chi connectivity index (χ0n) is 8.58. The monoisotopic (exact) mass is 329 g/mol. The lowest BCUT2D eigenvalue weighted by Gasteiger charge is -2.14. The van der Waals surface area contributed by atoms with E-state index in [-0.39, 0.29) is 15.7 Å². The third-order valence-electron chi connectivity index (χ3n) is 1.92. The predicted molar refractivity (Wildman–Crippen MR) is 69.7 cm³/mol. The number of carboxylic acids is 1. The number of hydrogen-bond donors (Lipinski definition) is 2. The number of halogens is 3. The molecule has 18 heavy (non-hydrogen) atoms. The number of hydrogen-bond acceptors (Lipinski definition) is 5. The Morgan fingerprint density at radius 2 is 1.67 bits per heavy atom. The van der Waals surface area contributed by atoms with E-state index in [1.807, 2.05) is 0 Å². The molecular formula is C9H6Cl3NO4S. The van der Waals surface area contributed by atoms with Gasteiger partial charge in [0.25, 0.3) is 0 Å². The second-order valence-corrected chi connectivity index (χ2v) is 5.35. The molecule has 0 aromatic carbocycles. The van der Waals surface area contributed by atoms with Gasteiger partial charge in [0.05, 0.1) is 4.91 Å². The second kappa shape index (κ2) is 6.08. The molecule has 0 saturated heterocycles. The first-order valence-electron chi connectivity index (χ1n) is 4.43. The van der Waals surface area contributed by atoms with Gasteiger partial charge < -0.3 is 10.8 Å². The smallest absolute Gasteiger partial charge is 0.321 e. The van der Waals surface area contributed by atoms with Crippen molar-refractivity contribution in [3.05, 3.63) is 20.0 Å². The predicted octanol–water partition coefficient (Wildman–Crippen LogP) is 1.42. The molecule has 1 atom stereocenters. The van der Waals surface area contributed by atoms with Crippen molar-refractivity contribution < 1.29 is 19.5 Å². The van der Waals surface area contributed by atoms with E-state index < -0.39 is 33.6 Å². The highest BCUT2D eigenvalue weighted by molar-refractivity contribution is 8.04. The van der Waals surface area contributed by atoms with Crippen molar-refractivity contribution in [3.8, 4) is 0 Å². The summed E-state index contributed by atoms with van der Waals surface area (Å²) in [5.74, 6) is -2.83. The Kier molecular flexibility index (Phi) is 5.24. The summed E-state index contributed by atoms with van der Waals surface area (Å²) >= 11 is 17.5. The maximum Gasteiger partial charge on any atom is 0.321 e. The molecule has 0 fully saturated rings. The fraction of sp³-hybridized carbons (Fsp3) is 0.222. The van der Waals surface area contributed by atoms with Crippen LogP contribution in [0.3, 0.4) is 0 Å². The maximum atomic E-state index is 11.7. The largest absolute Gasteiger partial charge is 0.480 e. The molecular weight excluding hydrogens is 325 g/mol. The number of thioether (sulfide) groups is 1. The van der Waals surface area contributed by atoms with E-state index in [2.05, 4.69) is 0 Å². The van der Waals surface area contributed by atoms with Crippen LogP contribution in [-0.2, 0) is 14.4 Å². The lowest BCUT2D eigenvalue weighted by Crippen LogP contribution is -2.33. The fourth-order valence-electron chi connectivity index (χ4n) is 0.971. The molecule has 0 aromatic heterocycles. The number of carbonyl (C=O) groups excluding carboxylic acids is 2. The fourth-order valence-corrected chi connectivity index (χ4v) is 2.72. The molecule has 0 spiro atoms. The molecule has 5 nitrogen and oxygen atoms in total. The summed E-state index contributed by atoms with van der Waals surface area (Å²) in [5, 5.41) is 7.34. The van der Waals surface area contributed by atoms with Crippen LogP contribution in [0.25, 0.3) is 0 Å². The molecule has 0 unspecified atom stereocenters. The van der Waals surface area contributed by atoms with Gasteiger partial charge in [0.15, 0.2) is 0 Å². The average molecular weight is 331 g/mol. The van der Waals surface area contributed by atoms with Gasteiger partial charge in [-0.15, -0.1) is 11.8 Å². The molecule has 0 bridgehead atoms. The number of ketones is 2. The van der Waals surface area contributed by atoms with Gasteiger partial charge in [-0.2, -0.15) is 0 Å². The minimum absolute atomic E-state index is 0.123. The number of aliphatic carboxylic acids is 1. The van der Waals surface area contributed by atoms with Gasteiger partial charge in [-0.1, -0.05) is 34.8 Å². The van der Waals surface area contributed by atoms with Gasteiger partial charge in [-0.05, 0) is 0 Å². The minimum Gasteiger partial charge on any atom is -0.480 e. The summed E-state index contributed by atoms with van der Waals surface area (Å²) in [6.45, 7) is 0. The van der Waals surface area contributed by atoms with Crippen molar-refractivity contribution in [2.45, 2.75) is 6.04 Å². The van der Waals surface area contributed by atoms with Gasteiger partial charge in [0, 0.05) is 5.75 Å². The van der Waals surface area contributed by atoms with Crippen LogP contribution in [-0.4, -0.2) is 34.4 Å². The molecule has 98 valence electrons. The van der Waals surface area contributed by atoms with E-state index in [4.69, 9.17) is 45.6 Å². The maximum absolute atomic E-state index is 11.7. The van der Waals surface area contributed by atoms with Crippen molar-refractivity contribution in [3.63, 3.8) is 0 Å². The van der Waals surface area contributed by atoms with Gasteiger partial charge in [-0.3, -0.25) is 14.4 Å². The Labute approximate surface area is 121 Å². The van der Waals surface area contributed by atoms with Crippen molar-refractivity contribution >= 4 is 64.1 Å². The molecule has 0 saturated carbocycles. The molecule has 9 heteroatoms. The van der Waals surface area contributed by atoms with Crippen LogP contribution in [0, 0.1) is 0 Å². The number of Topliss-reactive ketones (excluding diaryl/α,β-unsaturated/α-hetero) is 2. The zero-order valence-corrected chi connectivity index (χ0v) is 11.7. The van der Waals surface area contributed by atoms with Crippen molar-refractivity contribution in [2.24, 2.45) is 5.73 Å². The van der Waals surface area contributed by atoms with E-state index in [0.717, 1.165) is 11.8 Å². The van der Waals surface area contributed by atoms with Gasteiger partial charge in [0.1, 0.15) is 21.1 Å². The van der Waals surface area contributed by atoms with E-state index in [9.17, 15) is 14.4 Å². The number of rotatable bonds is 4. The highest BCUT2D eigenvalue weighted by atomic mass is 35.5. The third kappa shape index (κ3) is 3.07. The highest BCUT2D eigenvalue weighted by Gasteiger charge is 2.33. The quantitative estimate of drug-likeness (QED) is 0.757. The van der Waals surface area contributed by atoms with Crippen LogP contribution in [0.2, 0.25) is 0 Å². The van der Waals surface area contributed by atoms with Gasteiger partial charge in [-0.25, -0.2) is 0 Å².